The summed E-state index contributed by atoms with van der Waals surface area (Å²) in [6.07, 6.45) is 7.66. The molecule has 3 unspecified atom stereocenters. The van der Waals surface area contributed by atoms with Gasteiger partial charge in [-0.1, -0.05) is 34.6 Å². The molecule has 0 aromatic carbocycles. The maximum atomic E-state index is 12.1. The van der Waals surface area contributed by atoms with E-state index in [0.717, 1.165) is 32.1 Å². The van der Waals surface area contributed by atoms with Crippen LogP contribution >= 0.6 is 0 Å². The van der Waals surface area contributed by atoms with Gasteiger partial charge in [0.15, 0.2) is 0 Å². The van der Waals surface area contributed by atoms with Crippen LogP contribution in [0, 0.1) is 50.7 Å². The molecule has 6 heteroatoms. The Balaban J connectivity index is 1.31. The van der Waals surface area contributed by atoms with Crippen molar-refractivity contribution in [1.82, 2.24) is 5.32 Å². The van der Waals surface area contributed by atoms with Crippen LogP contribution in [0.4, 0.5) is 4.79 Å². The second-order valence-corrected chi connectivity index (χ2v) is 14.5. The van der Waals surface area contributed by atoms with Crippen molar-refractivity contribution in [1.29, 1.82) is 0 Å². The van der Waals surface area contributed by atoms with Crippen molar-refractivity contribution in [2.45, 2.75) is 110 Å². The third kappa shape index (κ3) is 2.75. The van der Waals surface area contributed by atoms with Gasteiger partial charge in [0.05, 0.1) is 31.5 Å². The van der Waals surface area contributed by atoms with Crippen molar-refractivity contribution in [3.8, 4) is 0 Å². The van der Waals surface area contributed by atoms with E-state index < -0.39 is 12.2 Å². The first kappa shape index (κ1) is 24.5. The average molecular weight is 490 g/mol. The summed E-state index contributed by atoms with van der Waals surface area (Å²) in [5.41, 5.74) is 0.539. The molecule has 35 heavy (non-hydrogen) atoms. The van der Waals surface area contributed by atoms with Crippen LogP contribution in [0.3, 0.4) is 0 Å². The largest absolute Gasteiger partial charge is 0.453 e. The van der Waals surface area contributed by atoms with E-state index in [1.165, 1.54) is 26.4 Å². The summed E-state index contributed by atoms with van der Waals surface area (Å²) in [6.45, 7) is 12.3. The molecule has 1 saturated heterocycles. The molecule has 198 valence electrons. The zero-order valence-electron chi connectivity index (χ0n) is 22.6. The maximum absolute atomic E-state index is 12.1. The number of alkyl carbamates (subject to hydrolysis) is 1. The first-order valence-corrected chi connectivity index (χ1v) is 14.2. The van der Waals surface area contributed by atoms with Gasteiger partial charge in [0.25, 0.3) is 0 Å². The van der Waals surface area contributed by atoms with E-state index in [-0.39, 0.29) is 34.6 Å². The van der Waals surface area contributed by atoms with E-state index in [0.29, 0.717) is 41.0 Å². The van der Waals surface area contributed by atoms with Gasteiger partial charge in [-0.3, -0.25) is 0 Å². The number of hydrogen-bond donors (Lipinski definition) is 3. The number of aliphatic hydroxyl groups excluding tert-OH is 2. The standard InChI is InChI=1S/C29H47NO5/c1-16-13-17(14-30-24(33)34-6)35-22-21(16)26(4)11-12-29-15-28(29)10-9-20(31)25(2,3)18(28)7-8-19(29)27(26,5)23(22)32/h16-23,31-32H,7-15H2,1-6H3,(H,30,33)/t16-,17?,18+,19?,20+,21+,22?,23+,26-,27-,28-,29+/m1/s1. The third-order valence-corrected chi connectivity index (χ3v) is 13.5. The van der Waals surface area contributed by atoms with Gasteiger partial charge < -0.3 is 25.0 Å². The van der Waals surface area contributed by atoms with Crippen LogP contribution in [0.25, 0.3) is 0 Å². The molecule has 6 nitrogen and oxygen atoms in total. The number of aliphatic hydroxyl groups is 2. The molecule has 3 N–H and O–H groups in total. The molecule has 0 aromatic heterocycles. The second-order valence-electron chi connectivity index (χ2n) is 14.5. The van der Waals surface area contributed by atoms with E-state index in [2.05, 4.69) is 39.9 Å². The van der Waals surface area contributed by atoms with Crippen molar-refractivity contribution in [3.05, 3.63) is 0 Å². The molecule has 1 amide bonds. The van der Waals surface area contributed by atoms with Crippen molar-refractivity contribution >= 4 is 6.09 Å². The fourth-order valence-corrected chi connectivity index (χ4v) is 11.8. The van der Waals surface area contributed by atoms with Crippen LogP contribution in [0.15, 0.2) is 0 Å². The third-order valence-electron chi connectivity index (χ3n) is 13.5. The molecule has 2 spiro atoms. The highest BCUT2D eigenvalue weighted by molar-refractivity contribution is 5.66. The topological polar surface area (TPSA) is 88.0 Å². The highest BCUT2D eigenvalue weighted by Gasteiger charge is 2.84. The molecule has 5 saturated carbocycles. The van der Waals surface area contributed by atoms with E-state index in [9.17, 15) is 15.0 Å². The van der Waals surface area contributed by atoms with Gasteiger partial charge in [0.2, 0.25) is 0 Å². The first-order chi connectivity index (χ1) is 16.4. The number of hydrogen-bond acceptors (Lipinski definition) is 5. The van der Waals surface area contributed by atoms with Crippen LogP contribution in [-0.2, 0) is 9.47 Å². The predicted octanol–water partition coefficient (Wildman–Crippen LogP) is 4.52. The number of nitrogens with one attached hydrogen (secondary N) is 1. The van der Waals surface area contributed by atoms with Gasteiger partial charge in [0.1, 0.15) is 0 Å². The predicted molar refractivity (Wildman–Crippen MR) is 133 cm³/mol. The molecule has 6 aliphatic rings. The van der Waals surface area contributed by atoms with Crippen molar-refractivity contribution in [3.63, 3.8) is 0 Å². The Hall–Kier alpha value is -0.850. The zero-order chi connectivity index (χ0) is 25.2. The van der Waals surface area contributed by atoms with Crippen LogP contribution in [0.5, 0.6) is 0 Å². The summed E-state index contributed by atoms with van der Waals surface area (Å²) in [5, 5.41) is 25.8. The Morgan fingerprint density at radius 3 is 2.43 bits per heavy atom. The summed E-state index contributed by atoms with van der Waals surface area (Å²) in [6, 6.07) is 0. The number of fused-ring (bicyclic) bond motifs is 4. The summed E-state index contributed by atoms with van der Waals surface area (Å²) in [4.78, 5) is 11.7. The summed E-state index contributed by atoms with van der Waals surface area (Å²) in [7, 11) is 1.38. The Morgan fingerprint density at radius 2 is 1.71 bits per heavy atom. The highest BCUT2D eigenvalue weighted by atomic mass is 16.5. The van der Waals surface area contributed by atoms with Gasteiger partial charge in [-0.25, -0.2) is 4.79 Å². The lowest BCUT2D eigenvalue weighted by Gasteiger charge is -2.63. The number of carbonyl (C=O) groups is 1. The average Bonchev–Trinajstić information content (AvgIpc) is 3.45. The van der Waals surface area contributed by atoms with E-state index in [4.69, 9.17) is 9.47 Å². The van der Waals surface area contributed by atoms with Gasteiger partial charge in [-0.15, -0.1) is 0 Å². The highest BCUT2D eigenvalue weighted by Crippen LogP contribution is 2.89. The van der Waals surface area contributed by atoms with Crippen LogP contribution in [0.2, 0.25) is 0 Å². The molecule has 6 fully saturated rings. The van der Waals surface area contributed by atoms with Gasteiger partial charge in [-0.05, 0) is 96.7 Å². The van der Waals surface area contributed by atoms with Crippen LogP contribution < -0.4 is 5.32 Å². The van der Waals surface area contributed by atoms with Gasteiger partial charge in [-0.2, -0.15) is 0 Å². The van der Waals surface area contributed by atoms with E-state index in [1.54, 1.807) is 0 Å². The number of rotatable bonds is 2. The number of carbonyl (C=O) groups excluding carboxylic acids is 1. The summed E-state index contributed by atoms with van der Waals surface area (Å²) in [5.74, 6) is 1.88. The minimum atomic E-state index is -0.487. The lowest BCUT2D eigenvalue weighted by atomic mass is 9.41. The number of amides is 1. The Morgan fingerprint density at radius 1 is 1.03 bits per heavy atom. The SMILES string of the molecule is COC(=O)NCC1C[C@@H](C)[C@H]2C(O1)[C@H](O)[C@@]1(C)C3CC[C@H]4C(C)(C)[C@@H](O)CC[C@@]45C[C@@]35CC[C@]21C. The molecule has 0 aromatic rings. The van der Waals surface area contributed by atoms with Gasteiger partial charge >= 0.3 is 6.09 Å². The molecule has 1 heterocycles. The smallest absolute Gasteiger partial charge is 0.406 e. The summed E-state index contributed by atoms with van der Waals surface area (Å²) < 4.78 is 11.4. The Kier molecular flexibility index (Phi) is 5.16. The van der Waals surface area contributed by atoms with Crippen LogP contribution in [0.1, 0.15) is 86.0 Å². The molecule has 12 atom stereocenters. The fraction of sp³-hybridized carbons (Fsp3) is 0.966. The fourth-order valence-electron chi connectivity index (χ4n) is 11.8. The molecular formula is C29H47NO5. The second kappa shape index (κ2) is 7.38. The lowest BCUT2D eigenvalue weighted by Crippen LogP contribution is -2.59. The van der Waals surface area contributed by atoms with E-state index >= 15 is 0 Å². The number of ether oxygens (including phenoxy) is 2. The number of methoxy groups -OCH3 is 1. The Labute approximate surface area is 210 Å². The molecule has 1 aliphatic heterocycles. The van der Waals surface area contributed by atoms with Crippen molar-refractivity contribution in [2.75, 3.05) is 13.7 Å². The lowest BCUT2D eigenvalue weighted by molar-refractivity contribution is -0.182. The van der Waals surface area contributed by atoms with Gasteiger partial charge in [0, 0.05) is 12.0 Å². The molecular weight excluding hydrogens is 442 g/mol. The van der Waals surface area contributed by atoms with Crippen molar-refractivity contribution < 1.29 is 24.5 Å². The molecule has 0 radical (unpaired) electrons. The molecule has 0 bridgehead atoms. The monoisotopic (exact) mass is 489 g/mol. The summed E-state index contributed by atoms with van der Waals surface area (Å²) >= 11 is 0. The molecule has 6 rings (SSSR count). The minimum Gasteiger partial charge on any atom is -0.453 e. The normalized spacial score (nSPS) is 57.6. The van der Waals surface area contributed by atoms with E-state index in [1.807, 2.05) is 0 Å². The Bertz CT molecular complexity index is 908. The quantitative estimate of drug-likeness (QED) is 0.531. The first-order valence-electron chi connectivity index (χ1n) is 14.2. The minimum absolute atomic E-state index is 0.0197. The van der Waals surface area contributed by atoms with Crippen LogP contribution in [-0.4, -0.2) is 54.4 Å². The zero-order valence-corrected chi connectivity index (χ0v) is 22.6. The molecule has 5 aliphatic carbocycles. The van der Waals surface area contributed by atoms with Crippen molar-refractivity contribution in [2.24, 2.45) is 50.7 Å². The maximum Gasteiger partial charge on any atom is 0.406 e.